The number of carbonyl (C=O) groups excluding carboxylic acids is 2. The minimum atomic E-state index is -3.63. The lowest BCUT2D eigenvalue weighted by Crippen LogP contribution is -2.54. The van der Waals surface area contributed by atoms with E-state index in [0.717, 1.165) is 6.42 Å². The third-order valence-electron chi connectivity index (χ3n) is 5.17. The fraction of sp³-hybridized carbons (Fsp3) is 0.882. The molecule has 5 unspecified atom stereocenters. The molecule has 142 valence electrons. The summed E-state index contributed by atoms with van der Waals surface area (Å²) in [6, 6.07) is -0.0910. The van der Waals surface area contributed by atoms with Crippen LogP contribution in [-0.4, -0.2) is 52.8 Å². The molecule has 4 fully saturated rings. The van der Waals surface area contributed by atoms with E-state index in [1.54, 1.807) is 34.6 Å². The Bertz CT molecular complexity index is 606. The average Bonchev–Trinajstić information content (AvgIpc) is 3.20. The maximum Gasteiger partial charge on any atom is 0.350 e. The topological polar surface area (TPSA) is 81.9 Å². The van der Waals surface area contributed by atoms with Crippen molar-refractivity contribution in [3.8, 4) is 0 Å². The predicted octanol–water partition coefficient (Wildman–Crippen LogP) is 2.72. The first kappa shape index (κ1) is 19.0. The van der Waals surface area contributed by atoms with Gasteiger partial charge < -0.3 is 13.8 Å². The van der Waals surface area contributed by atoms with Gasteiger partial charge in [-0.1, -0.05) is 0 Å². The van der Waals surface area contributed by atoms with E-state index in [2.05, 4.69) is 0 Å². The molecule has 4 aliphatic rings. The summed E-state index contributed by atoms with van der Waals surface area (Å²) < 4.78 is 30.5. The first-order valence-electron chi connectivity index (χ1n) is 9.13. The van der Waals surface area contributed by atoms with Crippen molar-refractivity contribution in [2.45, 2.75) is 83.5 Å². The maximum atomic E-state index is 13.7. The van der Waals surface area contributed by atoms with Gasteiger partial charge in [-0.25, -0.2) is 4.79 Å². The van der Waals surface area contributed by atoms with Crippen molar-refractivity contribution in [3.63, 3.8) is 0 Å². The minimum Gasteiger partial charge on any atom is -0.465 e. The van der Waals surface area contributed by atoms with Crippen LogP contribution in [0, 0.1) is 5.92 Å². The Balaban J connectivity index is 2.04. The highest BCUT2D eigenvalue weighted by Gasteiger charge is 2.85. The summed E-state index contributed by atoms with van der Waals surface area (Å²) in [5, 5.41) is 0. The molecule has 0 aromatic rings. The number of esters is 1. The van der Waals surface area contributed by atoms with Crippen molar-refractivity contribution in [3.05, 3.63) is 0 Å². The molecule has 0 aromatic carbocycles. The highest BCUT2D eigenvalue weighted by molar-refractivity contribution is 7.55. The van der Waals surface area contributed by atoms with E-state index in [1.807, 2.05) is 4.90 Å². The van der Waals surface area contributed by atoms with Crippen LogP contribution >= 0.6 is 7.60 Å². The monoisotopic (exact) mass is 373 g/mol. The molecule has 7 nitrogen and oxygen atoms in total. The molecule has 1 aliphatic carbocycles. The third-order valence-corrected chi connectivity index (χ3v) is 7.85. The lowest BCUT2D eigenvalue weighted by Gasteiger charge is -2.39. The van der Waals surface area contributed by atoms with Gasteiger partial charge >= 0.3 is 13.6 Å². The fourth-order valence-electron chi connectivity index (χ4n) is 4.59. The van der Waals surface area contributed by atoms with Crippen LogP contribution in [0.2, 0.25) is 0 Å². The van der Waals surface area contributed by atoms with E-state index >= 15 is 0 Å². The van der Waals surface area contributed by atoms with E-state index in [-0.39, 0.29) is 30.6 Å². The zero-order valence-electron chi connectivity index (χ0n) is 15.6. The number of Topliss-reactive ketones (excluding diaryl/α,β-unsaturated/α-hetero) is 1. The molecule has 0 aromatic heterocycles. The molecular weight excluding hydrogens is 345 g/mol. The van der Waals surface area contributed by atoms with Crippen molar-refractivity contribution in [2.75, 3.05) is 6.61 Å². The van der Waals surface area contributed by atoms with E-state index in [1.165, 1.54) is 0 Å². The maximum absolute atomic E-state index is 13.7. The second-order valence-electron chi connectivity index (χ2n) is 7.63. The van der Waals surface area contributed by atoms with Crippen LogP contribution in [0.4, 0.5) is 0 Å². The molecule has 3 heterocycles. The molecule has 3 saturated heterocycles. The number of nitrogens with zero attached hydrogens (tertiary/aromatic N) is 1. The zero-order valence-corrected chi connectivity index (χ0v) is 16.5. The molecule has 2 bridgehead atoms. The number of rotatable bonds is 7. The average molecular weight is 373 g/mol. The van der Waals surface area contributed by atoms with Gasteiger partial charge in [-0.05, 0) is 47.5 Å². The molecule has 4 rings (SSSR count). The normalized spacial score (nSPS) is 36.7. The minimum absolute atomic E-state index is 0.0590. The van der Waals surface area contributed by atoms with Crippen molar-refractivity contribution in [1.82, 2.24) is 4.90 Å². The molecule has 1 saturated carbocycles. The molecule has 25 heavy (non-hydrogen) atoms. The van der Waals surface area contributed by atoms with Gasteiger partial charge in [-0.2, -0.15) is 0 Å². The van der Waals surface area contributed by atoms with Crippen LogP contribution < -0.4 is 0 Å². The zero-order chi connectivity index (χ0) is 18.6. The molecule has 0 N–H and O–H groups in total. The molecule has 3 aliphatic heterocycles. The quantitative estimate of drug-likeness (QED) is 0.385. The second-order valence-corrected chi connectivity index (χ2v) is 9.62. The summed E-state index contributed by atoms with van der Waals surface area (Å²) in [6.45, 7) is 9.09. The van der Waals surface area contributed by atoms with E-state index in [0.29, 0.717) is 12.8 Å². The Labute approximate surface area is 148 Å². The lowest BCUT2D eigenvalue weighted by atomic mass is 9.73. The van der Waals surface area contributed by atoms with Gasteiger partial charge in [-0.15, -0.1) is 0 Å². The van der Waals surface area contributed by atoms with E-state index in [9.17, 15) is 14.2 Å². The Kier molecular flexibility index (Phi) is 4.91. The summed E-state index contributed by atoms with van der Waals surface area (Å²) in [6.07, 6.45) is 1.20. The van der Waals surface area contributed by atoms with Crippen molar-refractivity contribution < 1.29 is 27.9 Å². The molecule has 0 amide bonds. The van der Waals surface area contributed by atoms with Crippen LogP contribution in [0.3, 0.4) is 0 Å². The summed E-state index contributed by atoms with van der Waals surface area (Å²) in [4.78, 5) is 27.3. The predicted molar refractivity (Wildman–Crippen MR) is 91.2 cm³/mol. The summed E-state index contributed by atoms with van der Waals surface area (Å²) in [7, 11) is -3.63. The van der Waals surface area contributed by atoms with Crippen LogP contribution in [0.15, 0.2) is 0 Å². The summed E-state index contributed by atoms with van der Waals surface area (Å²) in [5.74, 6) is -1.62. The number of fused-ring (bicyclic) bond motifs is 2. The summed E-state index contributed by atoms with van der Waals surface area (Å²) in [5.41, 5.74) is -1.17. The van der Waals surface area contributed by atoms with Crippen molar-refractivity contribution >= 4 is 19.3 Å². The SMILES string of the molecule is CCOC(=O)C12C3CCC(CC3=O)N1C2P(=O)(OC(C)C)OC(C)C. The smallest absolute Gasteiger partial charge is 0.350 e. The molecule has 8 heteroatoms. The Morgan fingerprint density at radius 2 is 1.84 bits per heavy atom. The highest BCUT2D eigenvalue weighted by Crippen LogP contribution is 2.74. The van der Waals surface area contributed by atoms with Gasteiger partial charge in [0.05, 0.1) is 18.8 Å². The Morgan fingerprint density at radius 3 is 2.32 bits per heavy atom. The molecule has 5 atom stereocenters. The van der Waals surface area contributed by atoms with Gasteiger partial charge in [0, 0.05) is 18.4 Å². The molecular formula is C17H28NO6P. The van der Waals surface area contributed by atoms with Crippen LogP contribution in [0.25, 0.3) is 0 Å². The van der Waals surface area contributed by atoms with Crippen LogP contribution in [0.5, 0.6) is 0 Å². The van der Waals surface area contributed by atoms with E-state index < -0.39 is 30.8 Å². The number of hydrogen-bond acceptors (Lipinski definition) is 7. The fourth-order valence-corrected chi connectivity index (χ4v) is 7.57. The van der Waals surface area contributed by atoms with Gasteiger partial charge in [0.15, 0.2) is 5.54 Å². The van der Waals surface area contributed by atoms with Crippen molar-refractivity contribution in [2.24, 2.45) is 5.92 Å². The number of ketones is 1. The van der Waals surface area contributed by atoms with Gasteiger partial charge in [-0.3, -0.25) is 14.3 Å². The largest absolute Gasteiger partial charge is 0.465 e. The highest BCUT2D eigenvalue weighted by atomic mass is 31.2. The van der Waals surface area contributed by atoms with Gasteiger partial charge in [0.25, 0.3) is 0 Å². The first-order chi connectivity index (χ1) is 11.7. The third kappa shape index (κ3) is 2.80. The molecule has 0 radical (unpaired) electrons. The number of piperidine rings is 2. The standard InChI is InChI=1S/C17H28NO6P/c1-6-22-16(20)17-13-8-7-12(9-14(13)19)18(17)15(17)25(21,23-10(2)3)24-11(4)5/h10-13,15H,6-9H2,1-5H3. The molecule has 0 spiro atoms. The number of carbonyl (C=O) groups is 2. The Hall–Kier alpha value is -0.750. The second kappa shape index (κ2) is 6.45. The Morgan fingerprint density at radius 1 is 1.24 bits per heavy atom. The summed E-state index contributed by atoms with van der Waals surface area (Å²) >= 11 is 0. The van der Waals surface area contributed by atoms with Gasteiger partial charge in [0.1, 0.15) is 11.6 Å². The van der Waals surface area contributed by atoms with Crippen LogP contribution in [-0.2, 0) is 27.9 Å². The van der Waals surface area contributed by atoms with Crippen molar-refractivity contribution in [1.29, 1.82) is 0 Å². The van der Waals surface area contributed by atoms with Gasteiger partial charge in [0.2, 0.25) is 0 Å². The van der Waals surface area contributed by atoms with Crippen LogP contribution in [0.1, 0.15) is 53.9 Å². The van der Waals surface area contributed by atoms with E-state index in [4.69, 9.17) is 13.8 Å². The number of hydrogen-bond donors (Lipinski definition) is 0. The number of ether oxygens (including phenoxy) is 1. The lowest BCUT2D eigenvalue weighted by molar-refractivity contribution is -0.156. The first-order valence-corrected chi connectivity index (χ1v) is 10.7.